The first-order valence-corrected chi connectivity index (χ1v) is 4.69. The maximum Gasteiger partial charge on any atom is 0.149 e. The molecule has 1 heterocycles. The van der Waals surface area contributed by atoms with Gasteiger partial charge in [0.05, 0.1) is 5.69 Å². The lowest BCUT2D eigenvalue weighted by Gasteiger charge is -2.07. The predicted molar refractivity (Wildman–Crippen MR) is 61.3 cm³/mol. The predicted octanol–water partition coefficient (Wildman–Crippen LogP) is 2.35. The van der Waals surface area contributed by atoms with Crippen LogP contribution >= 0.6 is 0 Å². The Kier molecular flexibility index (Phi) is 3.51. The Bertz CT molecular complexity index is 338. The summed E-state index contributed by atoms with van der Waals surface area (Å²) in [5.74, 6) is 0.766. The molecule has 3 N–H and O–H groups in total. The quantitative estimate of drug-likeness (QED) is 0.721. The van der Waals surface area contributed by atoms with Gasteiger partial charge in [0.1, 0.15) is 5.82 Å². The molecule has 0 bridgehead atoms. The van der Waals surface area contributed by atoms with Crippen LogP contribution in [0.1, 0.15) is 19.4 Å². The van der Waals surface area contributed by atoms with Crippen molar-refractivity contribution in [3.63, 3.8) is 0 Å². The summed E-state index contributed by atoms with van der Waals surface area (Å²) in [5.41, 5.74) is 8.92. The Balaban J connectivity index is 2.68. The second-order valence-electron chi connectivity index (χ2n) is 3.55. The summed E-state index contributed by atoms with van der Waals surface area (Å²) in [4.78, 5) is 4.17. The molecule has 0 aliphatic carbocycles. The average Bonchev–Trinajstić information content (AvgIpc) is 2.12. The molecule has 0 fully saturated rings. The van der Waals surface area contributed by atoms with Crippen molar-refractivity contribution in [3.05, 3.63) is 29.5 Å². The van der Waals surface area contributed by atoms with Gasteiger partial charge in [-0.3, -0.25) is 0 Å². The molecule has 0 aliphatic heterocycles. The normalized spacial score (nSPS) is 9.64. The van der Waals surface area contributed by atoms with E-state index in [1.165, 1.54) is 5.57 Å². The van der Waals surface area contributed by atoms with Gasteiger partial charge in [-0.2, -0.15) is 0 Å². The van der Waals surface area contributed by atoms with Gasteiger partial charge < -0.3 is 11.1 Å². The van der Waals surface area contributed by atoms with Crippen LogP contribution in [-0.2, 0) is 0 Å². The van der Waals surface area contributed by atoms with Crippen LogP contribution in [0.25, 0.3) is 0 Å². The maximum atomic E-state index is 5.85. The number of nitrogens with one attached hydrogen (secondary N) is 1. The second kappa shape index (κ2) is 4.65. The third-order valence-electron chi connectivity index (χ3n) is 1.99. The highest BCUT2D eigenvalue weighted by molar-refractivity contribution is 5.64. The van der Waals surface area contributed by atoms with Gasteiger partial charge >= 0.3 is 0 Å². The molecule has 76 valence electrons. The number of anilines is 2. The minimum Gasteiger partial charge on any atom is -0.396 e. The average molecular weight is 191 g/mol. The molecular weight excluding hydrogens is 174 g/mol. The number of hydrogen-bond acceptors (Lipinski definition) is 3. The van der Waals surface area contributed by atoms with Gasteiger partial charge in [0, 0.05) is 12.7 Å². The zero-order valence-electron chi connectivity index (χ0n) is 8.96. The van der Waals surface area contributed by atoms with Crippen LogP contribution in [0.4, 0.5) is 11.5 Å². The monoisotopic (exact) mass is 191 g/mol. The van der Waals surface area contributed by atoms with Crippen molar-refractivity contribution < 1.29 is 0 Å². The largest absolute Gasteiger partial charge is 0.396 e. The Morgan fingerprint density at radius 1 is 1.57 bits per heavy atom. The molecule has 0 unspecified atom stereocenters. The summed E-state index contributed by atoms with van der Waals surface area (Å²) in [6.45, 7) is 6.87. The van der Waals surface area contributed by atoms with E-state index in [-0.39, 0.29) is 0 Å². The third-order valence-corrected chi connectivity index (χ3v) is 1.99. The number of hydrogen-bond donors (Lipinski definition) is 2. The van der Waals surface area contributed by atoms with E-state index in [4.69, 9.17) is 5.73 Å². The number of rotatable bonds is 3. The Morgan fingerprint density at radius 2 is 2.29 bits per heavy atom. The van der Waals surface area contributed by atoms with E-state index < -0.39 is 0 Å². The van der Waals surface area contributed by atoms with Gasteiger partial charge in [-0.1, -0.05) is 11.6 Å². The third kappa shape index (κ3) is 2.76. The van der Waals surface area contributed by atoms with Gasteiger partial charge in [-0.15, -0.1) is 0 Å². The molecule has 14 heavy (non-hydrogen) atoms. The number of pyridine rings is 1. The number of aryl methyl sites for hydroxylation is 1. The number of nitrogens with two attached hydrogens (primary N) is 1. The fourth-order valence-corrected chi connectivity index (χ4v) is 1.06. The zero-order chi connectivity index (χ0) is 10.6. The molecule has 0 spiro atoms. The van der Waals surface area contributed by atoms with Crippen LogP contribution in [0.5, 0.6) is 0 Å². The van der Waals surface area contributed by atoms with Crippen LogP contribution in [-0.4, -0.2) is 11.5 Å². The van der Waals surface area contributed by atoms with Crippen molar-refractivity contribution in [3.8, 4) is 0 Å². The second-order valence-corrected chi connectivity index (χ2v) is 3.55. The topological polar surface area (TPSA) is 50.9 Å². The van der Waals surface area contributed by atoms with E-state index in [9.17, 15) is 0 Å². The lowest BCUT2D eigenvalue weighted by Crippen LogP contribution is -2.05. The van der Waals surface area contributed by atoms with Gasteiger partial charge in [0.15, 0.2) is 0 Å². The van der Waals surface area contributed by atoms with Crippen molar-refractivity contribution in [2.45, 2.75) is 20.8 Å². The molecule has 3 heteroatoms. The van der Waals surface area contributed by atoms with Crippen molar-refractivity contribution >= 4 is 11.5 Å². The first-order valence-electron chi connectivity index (χ1n) is 4.69. The minimum atomic E-state index is 0.731. The lowest BCUT2D eigenvalue weighted by molar-refractivity contribution is 1.19. The SMILES string of the molecule is CC(C)=CCNc1nccc(C)c1N. The summed E-state index contributed by atoms with van der Waals surface area (Å²) in [5, 5.41) is 3.17. The van der Waals surface area contributed by atoms with Crippen LogP contribution in [0.2, 0.25) is 0 Å². The van der Waals surface area contributed by atoms with E-state index in [1.54, 1.807) is 6.20 Å². The van der Waals surface area contributed by atoms with Crippen molar-refractivity contribution in [1.29, 1.82) is 0 Å². The van der Waals surface area contributed by atoms with Crippen LogP contribution in [0, 0.1) is 6.92 Å². The van der Waals surface area contributed by atoms with E-state index in [1.807, 2.05) is 13.0 Å². The zero-order valence-corrected chi connectivity index (χ0v) is 8.96. The fraction of sp³-hybridized carbons (Fsp3) is 0.364. The molecule has 0 amide bonds. The molecule has 0 saturated heterocycles. The standard InChI is InChI=1S/C11H17N3/c1-8(2)4-6-13-11-10(12)9(3)5-7-14-11/h4-5,7H,6,12H2,1-3H3,(H,13,14). The molecule has 0 atom stereocenters. The summed E-state index contributed by atoms with van der Waals surface area (Å²) in [6.07, 6.45) is 3.86. The molecule has 0 saturated carbocycles. The van der Waals surface area contributed by atoms with Crippen LogP contribution in [0.15, 0.2) is 23.9 Å². The highest BCUT2D eigenvalue weighted by atomic mass is 15.0. The molecule has 1 rings (SSSR count). The first-order chi connectivity index (χ1) is 6.61. The van der Waals surface area contributed by atoms with E-state index in [0.29, 0.717) is 0 Å². The fourth-order valence-electron chi connectivity index (χ4n) is 1.06. The summed E-state index contributed by atoms with van der Waals surface area (Å²) in [6, 6.07) is 1.90. The van der Waals surface area contributed by atoms with Gasteiger partial charge in [-0.05, 0) is 32.4 Å². The molecule has 1 aromatic rings. The summed E-state index contributed by atoms with van der Waals surface area (Å²) in [7, 11) is 0. The highest BCUT2D eigenvalue weighted by Crippen LogP contribution is 2.18. The smallest absolute Gasteiger partial charge is 0.149 e. The Labute approximate surface area is 85.0 Å². The van der Waals surface area contributed by atoms with Crippen LogP contribution < -0.4 is 11.1 Å². The molecule has 0 aromatic carbocycles. The number of allylic oxidation sites excluding steroid dienone is 1. The van der Waals surface area contributed by atoms with E-state index in [0.717, 1.165) is 23.6 Å². The van der Waals surface area contributed by atoms with Gasteiger partial charge in [0.25, 0.3) is 0 Å². The Morgan fingerprint density at radius 3 is 2.93 bits per heavy atom. The number of nitrogen functional groups attached to an aromatic ring is 1. The van der Waals surface area contributed by atoms with E-state index in [2.05, 4.69) is 30.2 Å². The maximum absolute atomic E-state index is 5.85. The van der Waals surface area contributed by atoms with Gasteiger partial charge in [0.2, 0.25) is 0 Å². The highest BCUT2D eigenvalue weighted by Gasteiger charge is 2.00. The lowest BCUT2D eigenvalue weighted by atomic mass is 10.2. The first kappa shape index (κ1) is 10.6. The van der Waals surface area contributed by atoms with Crippen molar-refractivity contribution in [2.75, 3.05) is 17.6 Å². The summed E-state index contributed by atoms with van der Waals surface area (Å²) >= 11 is 0. The van der Waals surface area contributed by atoms with Crippen LogP contribution in [0.3, 0.4) is 0 Å². The Hall–Kier alpha value is -1.51. The number of aromatic nitrogens is 1. The van der Waals surface area contributed by atoms with E-state index >= 15 is 0 Å². The molecule has 3 nitrogen and oxygen atoms in total. The minimum absolute atomic E-state index is 0.731. The molecule has 0 aliphatic rings. The van der Waals surface area contributed by atoms with Gasteiger partial charge in [-0.25, -0.2) is 4.98 Å². The van der Waals surface area contributed by atoms with Crippen molar-refractivity contribution in [2.24, 2.45) is 0 Å². The summed E-state index contributed by atoms with van der Waals surface area (Å²) < 4.78 is 0. The molecular formula is C11H17N3. The molecule has 1 aromatic heterocycles. The van der Waals surface area contributed by atoms with Crippen molar-refractivity contribution in [1.82, 2.24) is 4.98 Å². The number of nitrogens with zero attached hydrogens (tertiary/aromatic N) is 1. The molecule has 0 radical (unpaired) electrons.